The Hall–Kier alpha value is -1.93. The van der Waals surface area contributed by atoms with Gasteiger partial charge < -0.3 is 10.1 Å². The van der Waals surface area contributed by atoms with Gasteiger partial charge in [0.1, 0.15) is 5.82 Å². The molecule has 1 aliphatic carbocycles. The van der Waals surface area contributed by atoms with Crippen LogP contribution in [0, 0.1) is 17.7 Å². The molecule has 0 spiro atoms. The van der Waals surface area contributed by atoms with Crippen molar-refractivity contribution in [3.8, 4) is 0 Å². The van der Waals surface area contributed by atoms with Crippen LogP contribution in [0.3, 0.4) is 0 Å². The lowest BCUT2D eigenvalue weighted by Gasteiger charge is -2.34. The number of halogens is 5. The van der Waals surface area contributed by atoms with Gasteiger partial charge in [-0.2, -0.15) is 13.2 Å². The van der Waals surface area contributed by atoms with Crippen molar-refractivity contribution in [2.24, 2.45) is 11.8 Å². The largest absolute Gasteiger partial charge is 0.416 e. The first-order valence-electron chi connectivity index (χ1n) is 9.59. The first-order valence-corrected chi connectivity index (χ1v) is 10.4. The maximum Gasteiger partial charge on any atom is 0.416 e. The van der Waals surface area contributed by atoms with Gasteiger partial charge in [0.2, 0.25) is 5.91 Å². The monoisotopic (exact) mass is 487 g/mol. The van der Waals surface area contributed by atoms with Gasteiger partial charge in [-0.3, -0.25) is 4.79 Å². The molecule has 1 amide bonds. The first-order chi connectivity index (χ1) is 14.2. The third kappa shape index (κ3) is 5.60. The number of rotatable bonds is 5. The lowest BCUT2D eigenvalue weighted by Crippen LogP contribution is -2.33. The minimum Gasteiger partial charge on any atom is -0.384 e. The number of nitrogens with one attached hydrogen (secondary N) is 1. The number of hydrogen-bond acceptors (Lipinski definition) is 2. The average Bonchev–Trinajstić information content (AvgIpc) is 2.69. The van der Waals surface area contributed by atoms with Crippen LogP contribution < -0.4 is 5.32 Å². The second kappa shape index (κ2) is 9.47. The van der Waals surface area contributed by atoms with Gasteiger partial charge in [-0.15, -0.1) is 0 Å². The molecule has 0 aliphatic heterocycles. The van der Waals surface area contributed by atoms with Crippen LogP contribution in [0.25, 0.3) is 0 Å². The standard InChI is InChI=1S/C22H22BrF4NO2/c1-30-12-13-8-15(14-2-5-18(23)6-3-14)10-16(9-13)21(29)28-20-7-4-17(11-19(20)24)22(25,26)27/h2-7,11,13,15-16H,8-10,12H2,1H3,(H,28,29). The summed E-state index contributed by atoms with van der Waals surface area (Å²) in [4.78, 5) is 12.8. The Morgan fingerprint density at radius 3 is 2.43 bits per heavy atom. The van der Waals surface area contributed by atoms with E-state index in [9.17, 15) is 22.4 Å². The Kier molecular flexibility index (Phi) is 7.18. The molecule has 0 radical (unpaired) electrons. The molecule has 3 nitrogen and oxygen atoms in total. The summed E-state index contributed by atoms with van der Waals surface area (Å²) in [7, 11) is 1.61. The molecule has 3 atom stereocenters. The number of alkyl halides is 3. The van der Waals surface area contributed by atoms with Crippen LogP contribution in [0.1, 0.15) is 36.3 Å². The predicted octanol–water partition coefficient (Wildman–Crippen LogP) is 6.39. The summed E-state index contributed by atoms with van der Waals surface area (Å²) < 4.78 is 58.6. The molecule has 0 aromatic heterocycles. The number of anilines is 1. The highest BCUT2D eigenvalue weighted by Crippen LogP contribution is 2.40. The summed E-state index contributed by atoms with van der Waals surface area (Å²) in [6.07, 6.45) is -2.61. The molecule has 0 bridgehead atoms. The van der Waals surface area contributed by atoms with Gasteiger partial charge in [0.25, 0.3) is 0 Å². The molecule has 3 rings (SSSR count). The van der Waals surface area contributed by atoms with E-state index in [1.807, 2.05) is 24.3 Å². The van der Waals surface area contributed by atoms with Crippen molar-refractivity contribution < 1.29 is 27.1 Å². The molecule has 0 heterocycles. The van der Waals surface area contributed by atoms with E-state index in [2.05, 4.69) is 21.2 Å². The number of carbonyl (C=O) groups excluding carboxylic acids is 1. The summed E-state index contributed by atoms with van der Waals surface area (Å²) in [5, 5.41) is 2.47. The fourth-order valence-electron chi connectivity index (χ4n) is 4.06. The Balaban J connectivity index is 1.75. The van der Waals surface area contributed by atoms with Gasteiger partial charge in [0.15, 0.2) is 0 Å². The second-order valence-corrected chi connectivity index (χ2v) is 8.57. The molecule has 2 aromatic carbocycles. The lowest BCUT2D eigenvalue weighted by molar-refractivity contribution is -0.137. The number of carbonyl (C=O) groups is 1. The van der Waals surface area contributed by atoms with Gasteiger partial charge in [-0.05, 0) is 67.0 Å². The van der Waals surface area contributed by atoms with E-state index in [4.69, 9.17) is 4.74 Å². The molecule has 162 valence electrons. The highest BCUT2D eigenvalue weighted by molar-refractivity contribution is 9.10. The van der Waals surface area contributed by atoms with Crippen LogP contribution in [0.5, 0.6) is 0 Å². The number of amides is 1. The van der Waals surface area contributed by atoms with E-state index in [1.54, 1.807) is 7.11 Å². The van der Waals surface area contributed by atoms with Crippen LogP contribution in [0.2, 0.25) is 0 Å². The molecule has 1 saturated carbocycles. The van der Waals surface area contributed by atoms with Crippen LogP contribution in [-0.2, 0) is 15.7 Å². The molecule has 3 unspecified atom stereocenters. The van der Waals surface area contributed by atoms with E-state index >= 15 is 0 Å². The molecule has 0 saturated heterocycles. The molecule has 1 N–H and O–H groups in total. The molecule has 1 fully saturated rings. The van der Waals surface area contributed by atoms with Crippen molar-refractivity contribution in [1.82, 2.24) is 0 Å². The van der Waals surface area contributed by atoms with Gasteiger partial charge in [-0.25, -0.2) is 4.39 Å². The quantitative estimate of drug-likeness (QED) is 0.496. The number of ether oxygens (including phenoxy) is 1. The first kappa shape index (κ1) is 22.7. The van der Waals surface area contributed by atoms with Crippen LogP contribution in [0.4, 0.5) is 23.2 Å². The molecular formula is C22H22BrF4NO2. The summed E-state index contributed by atoms with van der Waals surface area (Å²) >= 11 is 3.41. The average molecular weight is 488 g/mol. The van der Waals surface area contributed by atoms with E-state index in [-0.39, 0.29) is 17.5 Å². The van der Waals surface area contributed by atoms with Crippen molar-refractivity contribution in [3.05, 3.63) is 63.9 Å². The Bertz CT molecular complexity index is 886. The van der Waals surface area contributed by atoms with Crippen LogP contribution in [0.15, 0.2) is 46.9 Å². The summed E-state index contributed by atoms with van der Waals surface area (Å²) in [6.45, 7) is 0.505. The van der Waals surface area contributed by atoms with Gasteiger partial charge in [0.05, 0.1) is 11.3 Å². The highest BCUT2D eigenvalue weighted by Gasteiger charge is 2.35. The fraction of sp³-hybridized carbons (Fsp3) is 0.409. The minimum atomic E-state index is -4.64. The topological polar surface area (TPSA) is 38.3 Å². The Labute approximate surface area is 180 Å². The third-order valence-electron chi connectivity index (χ3n) is 5.47. The zero-order valence-electron chi connectivity index (χ0n) is 16.3. The highest BCUT2D eigenvalue weighted by atomic mass is 79.9. The van der Waals surface area contributed by atoms with Crippen molar-refractivity contribution >= 4 is 27.5 Å². The van der Waals surface area contributed by atoms with Crippen LogP contribution in [-0.4, -0.2) is 19.6 Å². The number of hydrogen-bond donors (Lipinski definition) is 1. The van der Waals surface area contributed by atoms with Crippen molar-refractivity contribution in [2.45, 2.75) is 31.4 Å². The smallest absolute Gasteiger partial charge is 0.384 e. The molecule has 2 aromatic rings. The van der Waals surface area contributed by atoms with E-state index in [1.165, 1.54) is 0 Å². The maximum absolute atomic E-state index is 14.1. The zero-order valence-corrected chi connectivity index (χ0v) is 17.9. The van der Waals surface area contributed by atoms with Gasteiger partial charge in [-0.1, -0.05) is 28.1 Å². The molecule has 8 heteroatoms. The van der Waals surface area contributed by atoms with Crippen molar-refractivity contribution in [3.63, 3.8) is 0 Å². The van der Waals surface area contributed by atoms with Gasteiger partial charge in [0, 0.05) is 24.1 Å². The summed E-state index contributed by atoms with van der Waals surface area (Å²) in [5.41, 5.74) is -0.231. The maximum atomic E-state index is 14.1. The summed E-state index contributed by atoms with van der Waals surface area (Å²) in [5.74, 6) is -1.59. The van der Waals surface area contributed by atoms with Crippen molar-refractivity contribution in [1.29, 1.82) is 0 Å². The normalized spacial score (nSPS) is 22.0. The number of methoxy groups -OCH3 is 1. The van der Waals surface area contributed by atoms with Crippen LogP contribution >= 0.6 is 15.9 Å². The summed E-state index contributed by atoms with van der Waals surface area (Å²) in [6, 6.07) is 10.0. The fourth-order valence-corrected chi connectivity index (χ4v) is 4.32. The second-order valence-electron chi connectivity index (χ2n) is 7.66. The van der Waals surface area contributed by atoms with E-state index < -0.39 is 29.4 Å². The van der Waals surface area contributed by atoms with Crippen molar-refractivity contribution in [2.75, 3.05) is 19.0 Å². The SMILES string of the molecule is COCC1CC(C(=O)Nc2ccc(C(F)(F)F)cc2F)CC(c2ccc(Br)cc2)C1. The Morgan fingerprint density at radius 1 is 1.13 bits per heavy atom. The minimum absolute atomic E-state index is 0.139. The predicted molar refractivity (Wildman–Crippen MR) is 110 cm³/mol. The van der Waals surface area contributed by atoms with Gasteiger partial charge >= 0.3 is 6.18 Å². The van der Waals surface area contributed by atoms with E-state index in [0.29, 0.717) is 25.5 Å². The zero-order chi connectivity index (χ0) is 21.9. The third-order valence-corrected chi connectivity index (χ3v) is 6.00. The number of benzene rings is 2. The Morgan fingerprint density at radius 2 is 1.83 bits per heavy atom. The van der Waals surface area contributed by atoms with E-state index in [0.717, 1.165) is 28.6 Å². The molecule has 30 heavy (non-hydrogen) atoms. The molecular weight excluding hydrogens is 466 g/mol. The molecule has 1 aliphatic rings. The lowest BCUT2D eigenvalue weighted by atomic mass is 9.72.